The highest BCUT2D eigenvalue weighted by Gasteiger charge is 2.09. The molecule has 0 aliphatic rings. The predicted octanol–water partition coefficient (Wildman–Crippen LogP) is 1.93. The van der Waals surface area contributed by atoms with Gasteiger partial charge in [-0.1, -0.05) is 36.9 Å². The Balaban J connectivity index is 2.47. The summed E-state index contributed by atoms with van der Waals surface area (Å²) >= 11 is 0. The summed E-state index contributed by atoms with van der Waals surface area (Å²) in [4.78, 5) is 22.3. The van der Waals surface area contributed by atoms with E-state index in [9.17, 15) is 9.59 Å². The topological polar surface area (TPSA) is 46.6 Å². The minimum atomic E-state index is -0.733. The van der Waals surface area contributed by atoms with Crippen molar-refractivity contribution in [2.75, 3.05) is 0 Å². The Bertz CT molecular complexity index is 340. The lowest BCUT2D eigenvalue weighted by Crippen LogP contribution is -2.24. The first-order valence-corrected chi connectivity index (χ1v) is 4.35. The van der Waals surface area contributed by atoms with E-state index >= 15 is 0 Å². The molecule has 4 heteroatoms. The zero-order valence-electron chi connectivity index (χ0n) is 8.13. The van der Waals surface area contributed by atoms with Crippen LogP contribution in [-0.4, -0.2) is 17.4 Å². The van der Waals surface area contributed by atoms with Gasteiger partial charge in [-0.2, -0.15) is 0 Å². The van der Waals surface area contributed by atoms with Crippen molar-refractivity contribution in [3.8, 4) is 0 Å². The minimum absolute atomic E-state index is 0.137. The van der Waals surface area contributed by atoms with E-state index in [1.807, 2.05) is 30.3 Å². The molecular weight excluding hydrogens is 194 g/mol. The maximum atomic E-state index is 11.2. The monoisotopic (exact) mass is 205 g/mol. The van der Waals surface area contributed by atoms with Gasteiger partial charge in [0.1, 0.15) is 6.61 Å². The van der Waals surface area contributed by atoms with Crippen LogP contribution in [0.2, 0.25) is 0 Å². The summed E-state index contributed by atoms with van der Waals surface area (Å²) in [6.45, 7) is 3.44. The summed E-state index contributed by atoms with van der Waals surface area (Å²) < 4.78 is 4.86. The molecule has 1 aromatic carbocycles. The fraction of sp³-hybridized carbons (Fsp3) is 0.0909. The van der Waals surface area contributed by atoms with E-state index in [0.717, 1.165) is 16.7 Å². The zero-order valence-corrected chi connectivity index (χ0v) is 8.13. The molecule has 1 aromatic rings. The SMILES string of the molecule is C=CN(C=O)C(=O)OCc1ccccc1. The predicted molar refractivity (Wildman–Crippen MR) is 54.7 cm³/mol. The standard InChI is InChI=1S/C11H11NO3/c1-2-12(9-13)11(14)15-8-10-6-4-3-5-7-10/h2-7,9H,1,8H2. The van der Waals surface area contributed by atoms with Crippen molar-refractivity contribution in [3.05, 3.63) is 48.7 Å². The van der Waals surface area contributed by atoms with Crippen molar-refractivity contribution in [2.45, 2.75) is 6.61 Å². The fourth-order valence-corrected chi connectivity index (χ4v) is 0.954. The van der Waals surface area contributed by atoms with Crippen molar-refractivity contribution in [1.82, 2.24) is 4.90 Å². The average molecular weight is 205 g/mol. The molecule has 78 valence electrons. The van der Waals surface area contributed by atoms with Gasteiger partial charge in [0.15, 0.2) is 0 Å². The molecule has 2 amide bonds. The molecule has 0 N–H and O–H groups in total. The maximum Gasteiger partial charge on any atom is 0.420 e. The van der Waals surface area contributed by atoms with E-state index in [1.54, 1.807) is 0 Å². The van der Waals surface area contributed by atoms with Crippen LogP contribution in [0.3, 0.4) is 0 Å². The van der Waals surface area contributed by atoms with Crippen LogP contribution in [0.1, 0.15) is 5.56 Å². The molecule has 0 atom stereocenters. The molecule has 0 unspecified atom stereocenters. The maximum absolute atomic E-state index is 11.2. The number of imide groups is 1. The van der Waals surface area contributed by atoms with E-state index in [2.05, 4.69) is 6.58 Å². The first-order valence-electron chi connectivity index (χ1n) is 4.35. The first-order chi connectivity index (χ1) is 7.27. The number of carbonyl (C=O) groups is 2. The Morgan fingerprint density at radius 3 is 2.60 bits per heavy atom. The molecule has 4 nitrogen and oxygen atoms in total. The van der Waals surface area contributed by atoms with Crippen LogP contribution < -0.4 is 0 Å². The second-order valence-corrected chi connectivity index (χ2v) is 2.74. The number of ether oxygens (including phenoxy) is 1. The fourth-order valence-electron chi connectivity index (χ4n) is 0.954. The third kappa shape index (κ3) is 3.27. The Hall–Kier alpha value is -2.10. The highest BCUT2D eigenvalue weighted by atomic mass is 16.6. The second-order valence-electron chi connectivity index (χ2n) is 2.74. The molecule has 0 aliphatic heterocycles. The Kier molecular flexibility index (Phi) is 4.09. The van der Waals surface area contributed by atoms with Crippen molar-refractivity contribution in [3.63, 3.8) is 0 Å². The van der Waals surface area contributed by atoms with Gasteiger partial charge in [-0.25, -0.2) is 9.69 Å². The quantitative estimate of drug-likeness (QED) is 0.705. The molecule has 0 saturated heterocycles. The van der Waals surface area contributed by atoms with Crippen molar-refractivity contribution < 1.29 is 14.3 Å². The number of rotatable bonds is 4. The van der Waals surface area contributed by atoms with Gasteiger partial charge in [0.25, 0.3) is 0 Å². The summed E-state index contributed by atoms with van der Waals surface area (Å²) in [6.07, 6.45) is 0.713. The summed E-state index contributed by atoms with van der Waals surface area (Å²) in [5.41, 5.74) is 0.862. The zero-order chi connectivity index (χ0) is 11.1. The summed E-state index contributed by atoms with van der Waals surface area (Å²) in [7, 11) is 0. The molecule has 0 aromatic heterocycles. The van der Waals surface area contributed by atoms with E-state index in [1.165, 1.54) is 0 Å². The molecule has 0 aliphatic carbocycles. The van der Waals surface area contributed by atoms with Crippen LogP contribution in [-0.2, 0) is 16.1 Å². The Morgan fingerprint density at radius 2 is 2.07 bits per heavy atom. The van der Waals surface area contributed by atoms with Crippen LogP contribution in [0.15, 0.2) is 43.1 Å². The van der Waals surface area contributed by atoms with Crippen LogP contribution in [0, 0.1) is 0 Å². The molecule has 0 heterocycles. The van der Waals surface area contributed by atoms with Crippen LogP contribution >= 0.6 is 0 Å². The number of nitrogens with zero attached hydrogens (tertiary/aromatic N) is 1. The number of benzene rings is 1. The first kappa shape index (κ1) is 11.0. The molecular formula is C11H11NO3. The molecule has 0 bridgehead atoms. The molecule has 1 rings (SSSR count). The highest BCUT2D eigenvalue weighted by Crippen LogP contribution is 2.02. The normalized spacial score (nSPS) is 9.07. The lowest BCUT2D eigenvalue weighted by atomic mass is 10.2. The van der Waals surface area contributed by atoms with E-state index in [4.69, 9.17) is 4.74 Å². The van der Waals surface area contributed by atoms with E-state index in [0.29, 0.717) is 6.41 Å². The lowest BCUT2D eigenvalue weighted by molar-refractivity contribution is -0.114. The average Bonchev–Trinajstić information content (AvgIpc) is 2.29. The van der Waals surface area contributed by atoms with Crippen LogP contribution in [0.25, 0.3) is 0 Å². The smallest absolute Gasteiger partial charge is 0.420 e. The van der Waals surface area contributed by atoms with Crippen LogP contribution in [0.5, 0.6) is 0 Å². The minimum Gasteiger partial charge on any atom is -0.444 e. The van der Waals surface area contributed by atoms with Gasteiger partial charge in [-0.15, -0.1) is 0 Å². The van der Waals surface area contributed by atoms with Crippen LogP contribution in [0.4, 0.5) is 4.79 Å². The highest BCUT2D eigenvalue weighted by molar-refractivity contribution is 5.81. The van der Waals surface area contributed by atoms with Gasteiger partial charge in [0.2, 0.25) is 6.41 Å². The van der Waals surface area contributed by atoms with Gasteiger partial charge in [0, 0.05) is 6.20 Å². The van der Waals surface area contributed by atoms with Gasteiger partial charge in [-0.3, -0.25) is 4.79 Å². The van der Waals surface area contributed by atoms with Gasteiger partial charge in [-0.05, 0) is 5.56 Å². The Morgan fingerprint density at radius 1 is 1.40 bits per heavy atom. The molecule has 15 heavy (non-hydrogen) atoms. The molecule has 0 spiro atoms. The third-order valence-electron chi connectivity index (χ3n) is 1.73. The van der Waals surface area contributed by atoms with Crippen molar-refractivity contribution in [1.29, 1.82) is 0 Å². The molecule has 0 fully saturated rings. The number of hydrogen-bond donors (Lipinski definition) is 0. The lowest BCUT2D eigenvalue weighted by Gasteiger charge is -2.10. The van der Waals surface area contributed by atoms with Crippen molar-refractivity contribution >= 4 is 12.5 Å². The van der Waals surface area contributed by atoms with Gasteiger partial charge in [0.05, 0.1) is 0 Å². The number of carbonyl (C=O) groups excluding carboxylic acids is 2. The van der Waals surface area contributed by atoms with Gasteiger partial charge < -0.3 is 4.74 Å². The van der Waals surface area contributed by atoms with Crippen molar-refractivity contribution in [2.24, 2.45) is 0 Å². The van der Waals surface area contributed by atoms with E-state index in [-0.39, 0.29) is 6.61 Å². The summed E-state index contributed by atoms with van der Waals surface area (Å²) in [5.74, 6) is 0. The molecule has 0 saturated carbocycles. The number of amides is 2. The second kappa shape index (κ2) is 5.59. The van der Waals surface area contributed by atoms with Gasteiger partial charge >= 0.3 is 6.09 Å². The third-order valence-corrected chi connectivity index (χ3v) is 1.73. The Labute approximate surface area is 87.8 Å². The molecule has 0 radical (unpaired) electrons. The summed E-state index contributed by atoms with van der Waals surface area (Å²) in [5, 5.41) is 0. The largest absolute Gasteiger partial charge is 0.444 e. The van der Waals surface area contributed by atoms with E-state index < -0.39 is 6.09 Å². The number of hydrogen-bond acceptors (Lipinski definition) is 3. The summed E-state index contributed by atoms with van der Waals surface area (Å²) in [6, 6.07) is 9.20.